The van der Waals surface area contributed by atoms with Crippen LogP contribution in [0, 0.1) is 10.1 Å². The van der Waals surface area contributed by atoms with Crippen molar-refractivity contribution in [1.29, 1.82) is 0 Å². The maximum atomic E-state index is 12.4. The lowest BCUT2D eigenvalue weighted by Crippen LogP contribution is -2.31. The molecule has 0 aliphatic heterocycles. The third-order valence-electron chi connectivity index (χ3n) is 3.71. The molecule has 1 atom stereocenters. The molecule has 1 unspecified atom stereocenters. The van der Waals surface area contributed by atoms with E-state index in [9.17, 15) is 28.1 Å². The van der Waals surface area contributed by atoms with E-state index in [1.165, 1.54) is 25.3 Å². The molecule has 0 heterocycles. The number of methoxy groups -OCH3 is 1. The number of nitrogens with zero attached hydrogens (tertiary/aromatic N) is 3. The predicted molar refractivity (Wildman–Crippen MR) is 104 cm³/mol. The lowest BCUT2D eigenvalue weighted by Gasteiger charge is -2.10. The van der Waals surface area contributed by atoms with Gasteiger partial charge in [0.25, 0.3) is 21.7 Å². The second-order valence-corrected chi connectivity index (χ2v) is 7.25. The van der Waals surface area contributed by atoms with Gasteiger partial charge in [-0.1, -0.05) is 0 Å². The highest BCUT2D eigenvalue weighted by atomic mass is 32.2. The van der Waals surface area contributed by atoms with Gasteiger partial charge in [-0.05, 0) is 37.3 Å². The van der Waals surface area contributed by atoms with Gasteiger partial charge in [0.05, 0.1) is 23.0 Å². The van der Waals surface area contributed by atoms with Crippen molar-refractivity contribution in [3.05, 3.63) is 52.6 Å². The van der Waals surface area contributed by atoms with Gasteiger partial charge in [0.1, 0.15) is 5.69 Å². The summed E-state index contributed by atoms with van der Waals surface area (Å²) < 4.78 is 36.1. The van der Waals surface area contributed by atoms with Crippen LogP contribution in [-0.2, 0) is 19.7 Å². The number of nitro benzene ring substituents is 1. The van der Waals surface area contributed by atoms with Crippen LogP contribution >= 0.6 is 0 Å². The molecule has 2 aromatic rings. The van der Waals surface area contributed by atoms with Crippen LogP contribution in [0.5, 0.6) is 5.75 Å². The Hall–Kier alpha value is -3.71. The molecule has 0 spiro atoms. The Balaban J connectivity index is 2.22. The molecule has 0 aliphatic rings. The van der Waals surface area contributed by atoms with Crippen molar-refractivity contribution in [2.45, 2.75) is 17.9 Å². The van der Waals surface area contributed by atoms with E-state index in [2.05, 4.69) is 15.5 Å². The van der Waals surface area contributed by atoms with Crippen molar-refractivity contribution < 1.29 is 32.2 Å². The van der Waals surface area contributed by atoms with Crippen molar-refractivity contribution in [2.24, 2.45) is 10.2 Å². The number of amides is 1. The highest BCUT2D eigenvalue weighted by Crippen LogP contribution is 2.31. The molecule has 0 saturated carbocycles. The molecular weight excluding hydrogens is 420 g/mol. The third-order valence-corrected chi connectivity index (χ3v) is 4.58. The lowest BCUT2D eigenvalue weighted by molar-refractivity contribution is -0.384. The molecule has 13 heteroatoms. The zero-order valence-corrected chi connectivity index (χ0v) is 16.5. The van der Waals surface area contributed by atoms with Crippen molar-refractivity contribution >= 4 is 38.9 Å². The van der Waals surface area contributed by atoms with Crippen LogP contribution in [0.4, 0.5) is 17.1 Å². The summed E-state index contributed by atoms with van der Waals surface area (Å²) >= 11 is 0. The number of azo groups is 1. The largest absolute Gasteiger partial charge is 0.494 e. The molecule has 0 fully saturated rings. The number of benzene rings is 2. The quantitative estimate of drug-likeness (QED) is 0.208. The van der Waals surface area contributed by atoms with Gasteiger partial charge in [0, 0.05) is 11.8 Å². The van der Waals surface area contributed by atoms with E-state index < -0.39 is 32.8 Å². The van der Waals surface area contributed by atoms with E-state index in [1.807, 2.05) is 0 Å². The van der Waals surface area contributed by atoms with E-state index in [-0.39, 0.29) is 27.7 Å². The molecule has 12 nitrogen and oxygen atoms in total. The summed E-state index contributed by atoms with van der Waals surface area (Å²) in [5.41, 5.74) is -0.0126. The maximum Gasteiger partial charge on any atom is 0.294 e. The van der Waals surface area contributed by atoms with Gasteiger partial charge in [0.15, 0.2) is 11.5 Å². The standard InChI is InChI=1S/C17H16N4O8S/c1-10(22)16(17(23)18-11-3-6-13(7-4-11)30(26,27)28)20-19-14-8-5-12(21(24)25)9-15(14)29-2/h3-9,16H,1-2H3,(H,18,23)(H,26,27,28). The number of anilines is 1. The monoisotopic (exact) mass is 436 g/mol. The van der Waals surface area contributed by atoms with Gasteiger partial charge in [0.2, 0.25) is 6.04 Å². The molecular formula is C17H16N4O8S. The van der Waals surface area contributed by atoms with E-state index in [4.69, 9.17) is 9.29 Å². The minimum absolute atomic E-state index is 0.0245. The number of Topliss-reactive ketones (excluding diaryl/α,β-unsaturated/α-hetero) is 1. The number of nitrogens with one attached hydrogen (secondary N) is 1. The molecule has 30 heavy (non-hydrogen) atoms. The number of ether oxygens (including phenoxy) is 1. The number of rotatable bonds is 8. The van der Waals surface area contributed by atoms with Crippen LogP contribution in [0.1, 0.15) is 6.92 Å². The normalized spacial score (nSPS) is 12.4. The topological polar surface area (TPSA) is 178 Å². The average molecular weight is 436 g/mol. The molecule has 2 rings (SSSR count). The SMILES string of the molecule is COc1cc([N+](=O)[O-])ccc1N=NC(C(C)=O)C(=O)Nc1ccc(S(=O)(=O)O)cc1. The van der Waals surface area contributed by atoms with Gasteiger partial charge in [-0.25, -0.2) is 0 Å². The first kappa shape index (κ1) is 22.6. The van der Waals surface area contributed by atoms with Crippen LogP contribution in [0.3, 0.4) is 0 Å². The van der Waals surface area contributed by atoms with Crippen molar-refractivity contribution in [2.75, 3.05) is 12.4 Å². The summed E-state index contributed by atoms with van der Waals surface area (Å²) in [6.07, 6.45) is 0. The first-order valence-corrected chi connectivity index (χ1v) is 9.59. The number of non-ortho nitro benzene ring substituents is 1. The molecule has 0 bridgehead atoms. The summed E-state index contributed by atoms with van der Waals surface area (Å²) in [7, 11) is -3.12. The summed E-state index contributed by atoms with van der Waals surface area (Å²) in [6.45, 7) is 1.12. The van der Waals surface area contributed by atoms with Crippen LogP contribution in [-0.4, -0.2) is 42.7 Å². The van der Waals surface area contributed by atoms with Gasteiger partial charge < -0.3 is 10.1 Å². The minimum atomic E-state index is -4.39. The molecule has 158 valence electrons. The second-order valence-electron chi connectivity index (χ2n) is 5.83. The maximum absolute atomic E-state index is 12.4. The average Bonchev–Trinajstić information content (AvgIpc) is 2.67. The zero-order chi connectivity index (χ0) is 22.5. The molecule has 0 aromatic heterocycles. The molecule has 0 radical (unpaired) electrons. The number of nitro groups is 1. The Morgan fingerprint density at radius 3 is 2.33 bits per heavy atom. The Bertz CT molecular complexity index is 1110. The number of hydrogen-bond acceptors (Lipinski definition) is 9. The highest BCUT2D eigenvalue weighted by Gasteiger charge is 2.24. The van der Waals surface area contributed by atoms with E-state index >= 15 is 0 Å². The fourth-order valence-electron chi connectivity index (χ4n) is 2.22. The van der Waals surface area contributed by atoms with E-state index in [1.54, 1.807) is 0 Å². The van der Waals surface area contributed by atoms with Gasteiger partial charge in [-0.2, -0.15) is 18.6 Å². The third kappa shape index (κ3) is 5.65. The van der Waals surface area contributed by atoms with Crippen molar-refractivity contribution in [3.63, 3.8) is 0 Å². The number of ketones is 1. The minimum Gasteiger partial charge on any atom is -0.494 e. The fourth-order valence-corrected chi connectivity index (χ4v) is 2.70. The predicted octanol–water partition coefficient (Wildman–Crippen LogP) is 2.53. The molecule has 2 N–H and O–H groups in total. The number of hydrogen-bond donors (Lipinski definition) is 2. The van der Waals surface area contributed by atoms with Crippen LogP contribution < -0.4 is 10.1 Å². The van der Waals surface area contributed by atoms with Crippen molar-refractivity contribution in [3.8, 4) is 5.75 Å². The first-order valence-electron chi connectivity index (χ1n) is 8.15. The fraction of sp³-hybridized carbons (Fsp3) is 0.176. The van der Waals surface area contributed by atoms with Gasteiger partial charge >= 0.3 is 0 Å². The highest BCUT2D eigenvalue weighted by molar-refractivity contribution is 7.85. The van der Waals surface area contributed by atoms with E-state index in [0.717, 1.165) is 31.2 Å². The van der Waals surface area contributed by atoms with E-state index in [0.29, 0.717) is 0 Å². The Kier molecular flexibility index (Phi) is 6.92. The second kappa shape index (κ2) is 9.19. The number of carbonyl (C=O) groups is 2. The Labute approximate surface area is 170 Å². The molecule has 0 aliphatic carbocycles. The Morgan fingerprint density at radius 1 is 1.20 bits per heavy atom. The smallest absolute Gasteiger partial charge is 0.294 e. The van der Waals surface area contributed by atoms with Gasteiger partial charge in [-0.3, -0.25) is 24.3 Å². The lowest BCUT2D eigenvalue weighted by atomic mass is 10.2. The zero-order valence-electron chi connectivity index (χ0n) is 15.7. The molecule has 0 saturated heterocycles. The summed E-state index contributed by atoms with van der Waals surface area (Å²) in [4.78, 5) is 34.1. The van der Waals surface area contributed by atoms with Gasteiger partial charge in [-0.15, -0.1) is 0 Å². The summed E-state index contributed by atoms with van der Waals surface area (Å²) in [5, 5.41) is 20.7. The molecule has 2 aromatic carbocycles. The van der Waals surface area contributed by atoms with Crippen LogP contribution in [0.25, 0.3) is 0 Å². The van der Waals surface area contributed by atoms with Crippen LogP contribution in [0.2, 0.25) is 0 Å². The number of carbonyl (C=O) groups excluding carboxylic acids is 2. The summed E-state index contributed by atoms with van der Waals surface area (Å²) in [5.74, 6) is -1.45. The molecule has 1 amide bonds. The summed E-state index contributed by atoms with van der Waals surface area (Å²) in [6, 6.07) is 6.57. The van der Waals surface area contributed by atoms with Crippen LogP contribution in [0.15, 0.2) is 57.6 Å². The Morgan fingerprint density at radius 2 is 1.83 bits per heavy atom. The first-order chi connectivity index (χ1) is 14.0. The van der Waals surface area contributed by atoms with Crippen molar-refractivity contribution in [1.82, 2.24) is 0 Å².